The summed E-state index contributed by atoms with van der Waals surface area (Å²) in [5.41, 5.74) is -0.0220. The number of hydrogen-bond acceptors (Lipinski definition) is 4. The largest absolute Gasteiger partial charge is 0.478 e. The first-order valence-corrected chi connectivity index (χ1v) is 6.77. The van der Waals surface area contributed by atoms with Gasteiger partial charge in [-0.25, -0.2) is 4.79 Å². The highest BCUT2D eigenvalue weighted by atomic mass is 16.4. The number of aliphatic carboxylic acids is 1. The van der Waals surface area contributed by atoms with E-state index < -0.39 is 11.6 Å². The van der Waals surface area contributed by atoms with Crippen LogP contribution in [0, 0.1) is 0 Å². The molecule has 0 aromatic carbocycles. The van der Waals surface area contributed by atoms with E-state index in [1.54, 1.807) is 24.0 Å². The van der Waals surface area contributed by atoms with E-state index in [9.17, 15) is 14.7 Å². The number of carboxylic acids is 1. The van der Waals surface area contributed by atoms with E-state index >= 15 is 0 Å². The molecule has 2 heterocycles. The van der Waals surface area contributed by atoms with Gasteiger partial charge in [0.25, 0.3) is 5.91 Å². The minimum absolute atomic E-state index is 0.233. The molecule has 0 bridgehead atoms. The Bertz CT molecular complexity index is 571. The van der Waals surface area contributed by atoms with E-state index in [1.165, 1.54) is 12.3 Å². The number of likely N-dealkylation sites (tertiary alicyclic amines) is 1. The summed E-state index contributed by atoms with van der Waals surface area (Å²) in [6.45, 7) is 2.69. The first kappa shape index (κ1) is 15.2. The van der Waals surface area contributed by atoms with Crippen LogP contribution in [0.3, 0.4) is 0 Å². The Hall–Kier alpha value is -2.21. The van der Waals surface area contributed by atoms with Crippen LogP contribution in [0.2, 0.25) is 0 Å². The van der Waals surface area contributed by atoms with Crippen LogP contribution in [0.1, 0.15) is 35.8 Å². The smallest absolute Gasteiger partial charge is 0.328 e. The fraction of sp³-hybridized carbons (Fsp3) is 0.400. The predicted molar refractivity (Wildman–Crippen MR) is 76.7 cm³/mol. The van der Waals surface area contributed by atoms with Gasteiger partial charge < -0.3 is 15.1 Å². The Morgan fingerprint density at radius 3 is 2.67 bits per heavy atom. The summed E-state index contributed by atoms with van der Waals surface area (Å²) in [6, 6.07) is 3.30. The van der Waals surface area contributed by atoms with Crippen LogP contribution in [0.15, 0.2) is 24.4 Å². The van der Waals surface area contributed by atoms with Crippen molar-refractivity contribution in [3.05, 3.63) is 35.7 Å². The zero-order valence-corrected chi connectivity index (χ0v) is 11.8. The van der Waals surface area contributed by atoms with Crippen molar-refractivity contribution in [3.63, 3.8) is 0 Å². The molecule has 1 aromatic heterocycles. The van der Waals surface area contributed by atoms with Crippen LogP contribution < -0.4 is 0 Å². The lowest BCUT2D eigenvalue weighted by molar-refractivity contribution is -0.131. The van der Waals surface area contributed by atoms with Gasteiger partial charge in [0.15, 0.2) is 0 Å². The number of carboxylic acid groups (broad SMARTS) is 1. The number of rotatable bonds is 3. The number of aromatic nitrogens is 1. The highest BCUT2D eigenvalue weighted by Gasteiger charge is 2.30. The molecule has 1 aromatic rings. The van der Waals surface area contributed by atoms with E-state index in [-0.39, 0.29) is 11.6 Å². The Morgan fingerprint density at radius 1 is 1.38 bits per heavy atom. The number of piperidine rings is 1. The van der Waals surface area contributed by atoms with Gasteiger partial charge in [0.1, 0.15) is 5.69 Å². The maximum Gasteiger partial charge on any atom is 0.328 e. The fourth-order valence-electron chi connectivity index (χ4n) is 2.23. The quantitative estimate of drug-likeness (QED) is 0.815. The Labute approximate surface area is 122 Å². The van der Waals surface area contributed by atoms with Crippen LogP contribution in [0.25, 0.3) is 6.08 Å². The molecule has 2 rings (SSSR count). The maximum absolute atomic E-state index is 12.5. The predicted octanol–water partition coefficient (Wildman–Crippen LogP) is 1.17. The third kappa shape index (κ3) is 3.88. The second-order valence-corrected chi connectivity index (χ2v) is 5.40. The molecule has 6 heteroatoms. The third-order valence-electron chi connectivity index (χ3n) is 3.57. The van der Waals surface area contributed by atoms with Gasteiger partial charge in [-0.2, -0.15) is 0 Å². The van der Waals surface area contributed by atoms with Crippen LogP contribution in [0.4, 0.5) is 0 Å². The van der Waals surface area contributed by atoms with Gasteiger partial charge in [-0.1, -0.05) is 6.07 Å². The summed E-state index contributed by atoms with van der Waals surface area (Å²) >= 11 is 0. The van der Waals surface area contributed by atoms with E-state index in [0.29, 0.717) is 31.5 Å². The van der Waals surface area contributed by atoms with Crippen LogP contribution in [-0.2, 0) is 4.79 Å². The van der Waals surface area contributed by atoms with Gasteiger partial charge >= 0.3 is 5.97 Å². The molecule has 1 aliphatic rings. The average Bonchev–Trinajstić information content (AvgIpc) is 2.44. The first-order chi connectivity index (χ1) is 9.89. The highest BCUT2D eigenvalue weighted by molar-refractivity contribution is 5.97. The first-order valence-electron chi connectivity index (χ1n) is 6.77. The maximum atomic E-state index is 12.5. The summed E-state index contributed by atoms with van der Waals surface area (Å²) in [5.74, 6) is -1.32. The molecule has 0 atom stereocenters. The molecule has 2 N–H and O–H groups in total. The minimum atomic E-state index is -1.08. The van der Waals surface area contributed by atoms with Crippen molar-refractivity contribution >= 4 is 18.0 Å². The summed E-state index contributed by atoms with van der Waals surface area (Å²) in [7, 11) is 0. The van der Waals surface area contributed by atoms with Crippen molar-refractivity contribution in [1.82, 2.24) is 9.88 Å². The summed E-state index contributed by atoms with van der Waals surface area (Å²) in [4.78, 5) is 28.8. The summed E-state index contributed by atoms with van der Waals surface area (Å²) < 4.78 is 0. The molecule has 6 nitrogen and oxygen atoms in total. The third-order valence-corrected chi connectivity index (χ3v) is 3.57. The summed E-state index contributed by atoms with van der Waals surface area (Å²) in [6.07, 6.45) is 4.89. The molecule has 1 fully saturated rings. The van der Waals surface area contributed by atoms with Crippen molar-refractivity contribution in [2.24, 2.45) is 0 Å². The average molecular weight is 290 g/mol. The molecule has 112 valence electrons. The number of pyridine rings is 1. The second kappa shape index (κ2) is 6.05. The normalized spacial score (nSPS) is 17.9. The molecule has 1 saturated heterocycles. The van der Waals surface area contributed by atoms with Crippen molar-refractivity contribution in [2.75, 3.05) is 13.1 Å². The number of carbonyl (C=O) groups is 2. The van der Waals surface area contributed by atoms with Crippen molar-refractivity contribution in [1.29, 1.82) is 0 Å². The molecule has 0 radical (unpaired) electrons. The van der Waals surface area contributed by atoms with Crippen molar-refractivity contribution < 1.29 is 19.8 Å². The monoisotopic (exact) mass is 290 g/mol. The van der Waals surface area contributed by atoms with Crippen molar-refractivity contribution in [2.45, 2.75) is 25.4 Å². The van der Waals surface area contributed by atoms with Gasteiger partial charge in [0.05, 0.1) is 5.60 Å². The molecule has 1 amide bonds. The lowest BCUT2D eigenvalue weighted by Gasteiger charge is -2.35. The van der Waals surface area contributed by atoms with Crippen LogP contribution >= 0.6 is 0 Å². The zero-order chi connectivity index (χ0) is 15.5. The van der Waals surface area contributed by atoms with Gasteiger partial charge in [0.2, 0.25) is 0 Å². The molecule has 0 saturated carbocycles. The standard InChI is InChI=1S/C15H18N2O4/c1-15(21)6-9-17(10-7-15)14(20)13-11(3-2-8-16-13)4-5-12(18)19/h2-5,8,21H,6-7,9-10H2,1H3,(H,18,19)/b5-4+. The van der Waals surface area contributed by atoms with E-state index in [1.807, 2.05) is 0 Å². The second-order valence-electron chi connectivity index (χ2n) is 5.40. The number of nitrogens with zero attached hydrogens (tertiary/aromatic N) is 2. The van der Waals surface area contributed by atoms with E-state index in [0.717, 1.165) is 6.08 Å². The van der Waals surface area contributed by atoms with Crippen molar-refractivity contribution in [3.8, 4) is 0 Å². The molecular weight excluding hydrogens is 272 g/mol. The van der Waals surface area contributed by atoms with Gasteiger partial charge in [0, 0.05) is 30.9 Å². The zero-order valence-electron chi connectivity index (χ0n) is 11.8. The number of amides is 1. The van der Waals surface area contributed by atoms with E-state index in [2.05, 4.69) is 4.98 Å². The highest BCUT2D eigenvalue weighted by Crippen LogP contribution is 2.23. The number of aliphatic hydroxyl groups is 1. The number of hydrogen-bond donors (Lipinski definition) is 2. The van der Waals surface area contributed by atoms with Gasteiger partial charge in [-0.05, 0) is 31.9 Å². The van der Waals surface area contributed by atoms with Gasteiger partial charge in [-0.3, -0.25) is 9.78 Å². The lowest BCUT2D eigenvalue weighted by atomic mass is 9.93. The number of carbonyl (C=O) groups excluding carboxylic acids is 1. The van der Waals surface area contributed by atoms with E-state index in [4.69, 9.17) is 5.11 Å². The van der Waals surface area contributed by atoms with Crippen LogP contribution in [0.5, 0.6) is 0 Å². The molecule has 0 unspecified atom stereocenters. The van der Waals surface area contributed by atoms with Crippen LogP contribution in [-0.4, -0.2) is 50.7 Å². The minimum Gasteiger partial charge on any atom is -0.478 e. The fourth-order valence-corrected chi connectivity index (χ4v) is 2.23. The Balaban J connectivity index is 2.18. The Morgan fingerprint density at radius 2 is 2.05 bits per heavy atom. The SMILES string of the molecule is CC1(O)CCN(C(=O)c2ncccc2/C=C/C(=O)O)CC1. The molecule has 0 aliphatic carbocycles. The topological polar surface area (TPSA) is 90.7 Å². The molecular formula is C15H18N2O4. The molecule has 1 aliphatic heterocycles. The lowest BCUT2D eigenvalue weighted by Crippen LogP contribution is -2.45. The Kier molecular flexibility index (Phi) is 4.37. The molecule has 0 spiro atoms. The summed E-state index contributed by atoms with van der Waals surface area (Å²) in [5, 5.41) is 18.6. The molecule has 21 heavy (non-hydrogen) atoms. The van der Waals surface area contributed by atoms with Gasteiger partial charge in [-0.15, -0.1) is 0 Å².